The third-order valence-corrected chi connectivity index (χ3v) is 4.32. The Hall–Kier alpha value is -1.26. The molecule has 0 spiro atoms. The molecule has 0 saturated carbocycles. The van der Waals surface area contributed by atoms with Gasteiger partial charge in [-0.25, -0.2) is 0 Å². The van der Waals surface area contributed by atoms with Crippen molar-refractivity contribution in [1.29, 1.82) is 0 Å². The van der Waals surface area contributed by atoms with Crippen molar-refractivity contribution in [2.45, 2.75) is 32.9 Å². The highest BCUT2D eigenvalue weighted by Gasteiger charge is 2.26. The largest absolute Gasteiger partial charge is 0.497 e. The minimum Gasteiger partial charge on any atom is -0.497 e. The van der Waals surface area contributed by atoms with Crippen molar-refractivity contribution >= 4 is 5.69 Å². The predicted octanol–water partition coefficient (Wildman–Crippen LogP) is 2.19. The van der Waals surface area contributed by atoms with Crippen LogP contribution in [-0.2, 0) is 6.54 Å². The average molecular weight is 277 g/mol. The molecule has 0 bridgehead atoms. The van der Waals surface area contributed by atoms with Crippen molar-refractivity contribution in [2.75, 3.05) is 39.0 Å². The topological polar surface area (TPSA) is 41.7 Å². The van der Waals surface area contributed by atoms with Crippen LogP contribution in [0.25, 0.3) is 0 Å². The van der Waals surface area contributed by atoms with Gasteiger partial charge in [0.15, 0.2) is 0 Å². The smallest absolute Gasteiger partial charge is 0.119 e. The van der Waals surface area contributed by atoms with Gasteiger partial charge < -0.3 is 10.5 Å². The minimum absolute atomic E-state index is 0.692. The molecule has 1 unspecified atom stereocenters. The van der Waals surface area contributed by atoms with E-state index in [0.29, 0.717) is 6.04 Å². The number of nitrogen functional groups attached to an aromatic ring is 1. The normalized spacial score (nSPS) is 19.7. The van der Waals surface area contributed by atoms with E-state index < -0.39 is 0 Å². The Morgan fingerprint density at radius 2 is 2.10 bits per heavy atom. The van der Waals surface area contributed by atoms with Crippen molar-refractivity contribution in [3.63, 3.8) is 0 Å². The molecule has 1 aromatic rings. The van der Waals surface area contributed by atoms with E-state index in [4.69, 9.17) is 10.5 Å². The Morgan fingerprint density at radius 1 is 1.35 bits per heavy atom. The van der Waals surface area contributed by atoms with Crippen molar-refractivity contribution in [3.05, 3.63) is 23.8 Å². The van der Waals surface area contributed by atoms with Gasteiger partial charge in [0.2, 0.25) is 0 Å². The molecule has 1 atom stereocenters. The highest BCUT2D eigenvalue weighted by atomic mass is 16.5. The number of nitrogens with two attached hydrogens (primary N) is 1. The molecule has 4 nitrogen and oxygen atoms in total. The first-order valence-corrected chi connectivity index (χ1v) is 7.56. The van der Waals surface area contributed by atoms with Crippen LogP contribution in [0.2, 0.25) is 0 Å². The molecule has 1 aromatic carbocycles. The SMILES string of the molecule is CCN(CC)C1CCN(Cc2cc(OC)ccc2N)C1. The molecule has 1 heterocycles. The molecule has 0 amide bonds. The summed E-state index contributed by atoms with van der Waals surface area (Å²) in [6.07, 6.45) is 1.26. The van der Waals surface area contributed by atoms with Crippen molar-refractivity contribution in [1.82, 2.24) is 9.80 Å². The maximum absolute atomic E-state index is 6.08. The molecule has 4 heteroatoms. The van der Waals surface area contributed by atoms with Crippen LogP contribution in [0, 0.1) is 0 Å². The summed E-state index contributed by atoms with van der Waals surface area (Å²) in [5, 5.41) is 0. The van der Waals surface area contributed by atoms with E-state index in [9.17, 15) is 0 Å². The van der Waals surface area contributed by atoms with Crippen molar-refractivity contribution < 1.29 is 4.74 Å². The second-order valence-corrected chi connectivity index (χ2v) is 5.46. The van der Waals surface area contributed by atoms with Crippen molar-refractivity contribution in [3.8, 4) is 5.75 Å². The van der Waals surface area contributed by atoms with Crippen LogP contribution >= 0.6 is 0 Å². The van der Waals surface area contributed by atoms with Crippen LogP contribution < -0.4 is 10.5 Å². The number of hydrogen-bond donors (Lipinski definition) is 1. The van der Waals surface area contributed by atoms with Crippen LogP contribution in [0.4, 0.5) is 5.69 Å². The fourth-order valence-electron chi connectivity index (χ4n) is 3.08. The zero-order valence-electron chi connectivity index (χ0n) is 12.9. The van der Waals surface area contributed by atoms with Gasteiger partial charge in [-0.15, -0.1) is 0 Å². The van der Waals surface area contributed by atoms with E-state index in [1.807, 2.05) is 12.1 Å². The van der Waals surface area contributed by atoms with Gasteiger partial charge in [-0.2, -0.15) is 0 Å². The first-order chi connectivity index (χ1) is 9.67. The molecule has 1 aliphatic rings. The summed E-state index contributed by atoms with van der Waals surface area (Å²) in [6.45, 7) is 9.96. The van der Waals surface area contributed by atoms with E-state index in [-0.39, 0.29) is 0 Å². The first-order valence-electron chi connectivity index (χ1n) is 7.56. The van der Waals surface area contributed by atoms with E-state index in [1.165, 1.54) is 12.0 Å². The molecule has 0 aliphatic carbocycles. The summed E-state index contributed by atoms with van der Waals surface area (Å²) in [7, 11) is 1.70. The molecular formula is C16H27N3O. The van der Waals surface area contributed by atoms with E-state index in [1.54, 1.807) is 7.11 Å². The van der Waals surface area contributed by atoms with Gasteiger partial charge >= 0.3 is 0 Å². The molecule has 1 fully saturated rings. The van der Waals surface area contributed by atoms with Gasteiger partial charge in [-0.3, -0.25) is 9.80 Å². The monoisotopic (exact) mass is 277 g/mol. The number of ether oxygens (including phenoxy) is 1. The van der Waals surface area contributed by atoms with Gasteiger partial charge in [0, 0.05) is 31.4 Å². The maximum Gasteiger partial charge on any atom is 0.119 e. The van der Waals surface area contributed by atoms with Crippen LogP contribution in [-0.4, -0.2) is 49.1 Å². The second kappa shape index (κ2) is 6.95. The highest BCUT2D eigenvalue weighted by Crippen LogP contribution is 2.24. The summed E-state index contributed by atoms with van der Waals surface area (Å²) in [5.74, 6) is 0.883. The van der Waals surface area contributed by atoms with Gasteiger partial charge in [-0.1, -0.05) is 13.8 Å². The number of hydrogen-bond acceptors (Lipinski definition) is 4. The lowest BCUT2D eigenvalue weighted by Crippen LogP contribution is -2.37. The second-order valence-electron chi connectivity index (χ2n) is 5.46. The first kappa shape index (κ1) is 15.1. The summed E-state index contributed by atoms with van der Waals surface area (Å²) in [4.78, 5) is 5.04. The quantitative estimate of drug-likeness (QED) is 0.809. The van der Waals surface area contributed by atoms with Gasteiger partial charge in [-0.05, 0) is 43.3 Å². The number of rotatable bonds is 6. The lowest BCUT2D eigenvalue weighted by atomic mass is 10.1. The molecule has 1 saturated heterocycles. The number of nitrogens with zero attached hydrogens (tertiary/aromatic N) is 2. The fraction of sp³-hybridized carbons (Fsp3) is 0.625. The number of likely N-dealkylation sites (N-methyl/N-ethyl adjacent to an activating group) is 1. The third kappa shape index (κ3) is 3.44. The number of anilines is 1. The summed E-state index contributed by atoms with van der Waals surface area (Å²) >= 11 is 0. The van der Waals surface area contributed by atoms with Crippen LogP contribution in [0.5, 0.6) is 5.75 Å². The summed E-state index contributed by atoms with van der Waals surface area (Å²) in [5.41, 5.74) is 8.11. The van der Waals surface area contributed by atoms with Crippen LogP contribution in [0.3, 0.4) is 0 Å². The average Bonchev–Trinajstić information content (AvgIpc) is 2.91. The highest BCUT2D eigenvalue weighted by molar-refractivity contribution is 5.50. The van der Waals surface area contributed by atoms with Crippen LogP contribution in [0.1, 0.15) is 25.8 Å². The maximum atomic E-state index is 6.08. The number of methoxy groups -OCH3 is 1. The fourth-order valence-corrected chi connectivity index (χ4v) is 3.08. The molecule has 112 valence electrons. The molecular weight excluding hydrogens is 250 g/mol. The Kier molecular flexibility index (Phi) is 5.26. The zero-order chi connectivity index (χ0) is 14.5. The van der Waals surface area contributed by atoms with Crippen molar-refractivity contribution in [2.24, 2.45) is 0 Å². The van der Waals surface area contributed by atoms with Gasteiger partial charge in [0.25, 0.3) is 0 Å². The molecule has 20 heavy (non-hydrogen) atoms. The summed E-state index contributed by atoms with van der Waals surface area (Å²) in [6, 6.07) is 6.60. The van der Waals surface area contributed by atoms with E-state index >= 15 is 0 Å². The summed E-state index contributed by atoms with van der Waals surface area (Å²) < 4.78 is 5.29. The van der Waals surface area contributed by atoms with Gasteiger partial charge in [0.05, 0.1) is 7.11 Å². The zero-order valence-corrected chi connectivity index (χ0v) is 12.9. The predicted molar refractivity (Wildman–Crippen MR) is 84.0 cm³/mol. The molecule has 0 radical (unpaired) electrons. The Labute approximate surface area is 122 Å². The molecule has 2 N–H and O–H groups in total. The minimum atomic E-state index is 0.692. The van der Waals surface area contributed by atoms with Crippen LogP contribution in [0.15, 0.2) is 18.2 Å². The Bertz CT molecular complexity index is 432. The van der Waals surface area contributed by atoms with Gasteiger partial charge in [0.1, 0.15) is 5.75 Å². The molecule has 0 aromatic heterocycles. The Morgan fingerprint density at radius 3 is 2.75 bits per heavy atom. The van der Waals surface area contributed by atoms with E-state index in [0.717, 1.165) is 44.2 Å². The lowest BCUT2D eigenvalue weighted by molar-refractivity contribution is 0.209. The Balaban J connectivity index is 1.98. The van der Waals surface area contributed by atoms with E-state index in [2.05, 4.69) is 29.7 Å². The molecule has 1 aliphatic heterocycles. The number of likely N-dealkylation sites (tertiary alicyclic amines) is 1. The number of benzene rings is 1. The lowest BCUT2D eigenvalue weighted by Gasteiger charge is -2.26. The third-order valence-electron chi connectivity index (χ3n) is 4.32. The standard InChI is InChI=1S/C16H27N3O/c1-4-19(5-2)14-8-9-18(12-14)11-13-10-15(20-3)6-7-16(13)17/h6-7,10,14H,4-5,8-9,11-12,17H2,1-3H3. The molecule has 2 rings (SSSR count).